The van der Waals surface area contributed by atoms with Gasteiger partial charge in [-0.05, 0) is 43.2 Å². The lowest BCUT2D eigenvalue weighted by Gasteiger charge is -2.30. The minimum atomic E-state index is -0.854. The van der Waals surface area contributed by atoms with Crippen LogP contribution in [0.2, 0.25) is 0 Å². The van der Waals surface area contributed by atoms with Crippen LogP contribution in [0.3, 0.4) is 0 Å². The van der Waals surface area contributed by atoms with Crippen LogP contribution in [0.1, 0.15) is 18.9 Å². The summed E-state index contributed by atoms with van der Waals surface area (Å²) in [5.74, 6) is 0.529. The van der Waals surface area contributed by atoms with E-state index in [2.05, 4.69) is 6.58 Å². The highest BCUT2D eigenvalue weighted by molar-refractivity contribution is 8.01. The third kappa shape index (κ3) is 4.01. The molecule has 2 rings (SSSR count). The molecular formula is C20H22O3S. The van der Waals surface area contributed by atoms with Crippen LogP contribution in [0.15, 0.2) is 72.1 Å². The molecule has 2 aromatic carbocycles. The molecule has 24 heavy (non-hydrogen) atoms. The molecule has 0 aliphatic heterocycles. The van der Waals surface area contributed by atoms with Gasteiger partial charge in [0, 0.05) is 4.90 Å². The average molecular weight is 342 g/mol. The van der Waals surface area contributed by atoms with Gasteiger partial charge in [0.05, 0.1) is 13.7 Å². The second-order valence-electron chi connectivity index (χ2n) is 5.18. The molecule has 3 nitrogen and oxygen atoms in total. The largest absolute Gasteiger partial charge is 0.497 e. The summed E-state index contributed by atoms with van der Waals surface area (Å²) in [6.07, 6.45) is 2.24. The van der Waals surface area contributed by atoms with Crippen molar-refractivity contribution >= 4 is 17.7 Å². The molecule has 126 valence electrons. The number of ether oxygens (including phenoxy) is 2. The van der Waals surface area contributed by atoms with Gasteiger partial charge in [0.1, 0.15) is 10.5 Å². The van der Waals surface area contributed by atoms with Crippen molar-refractivity contribution in [3.05, 3.63) is 72.8 Å². The molecule has 0 spiro atoms. The number of allylic oxidation sites excluding steroid dienone is 1. The Labute approximate surface area is 147 Å². The number of hydrogen-bond acceptors (Lipinski definition) is 4. The first-order valence-corrected chi connectivity index (χ1v) is 8.64. The number of benzene rings is 2. The molecule has 2 aromatic rings. The third-order valence-corrected chi connectivity index (χ3v) is 5.05. The summed E-state index contributed by atoms with van der Waals surface area (Å²) >= 11 is 1.48. The van der Waals surface area contributed by atoms with Crippen molar-refractivity contribution < 1.29 is 14.3 Å². The van der Waals surface area contributed by atoms with Crippen molar-refractivity contribution in [1.82, 2.24) is 0 Å². The maximum absolute atomic E-state index is 12.9. The number of thioether (sulfide) groups is 1. The zero-order chi connectivity index (χ0) is 17.4. The first-order chi connectivity index (χ1) is 11.7. The Morgan fingerprint density at radius 1 is 1.17 bits per heavy atom. The van der Waals surface area contributed by atoms with E-state index in [-0.39, 0.29) is 5.97 Å². The SMILES string of the molecule is C=CCC(Sc1ccc(OC)cc1)(C(=O)OCC)c1ccccc1. The van der Waals surface area contributed by atoms with E-state index in [1.165, 1.54) is 11.8 Å². The van der Waals surface area contributed by atoms with Crippen molar-refractivity contribution in [2.45, 2.75) is 23.0 Å². The number of esters is 1. The highest BCUT2D eigenvalue weighted by Gasteiger charge is 2.42. The predicted molar refractivity (Wildman–Crippen MR) is 98.4 cm³/mol. The number of hydrogen-bond donors (Lipinski definition) is 0. The quantitative estimate of drug-likeness (QED) is 0.391. The molecule has 0 heterocycles. The molecule has 0 amide bonds. The summed E-state index contributed by atoms with van der Waals surface area (Å²) < 4.78 is 9.75. The van der Waals surface area contributed by atoms with Gasteiger partial charge < -0.3 is 9.47 Å². The van der Waals surface area contributed by atoms with E-state index >= 15 is 0 Å². The number of carbonyl (C=O) groups is 1. The van der Waals surface area contributed by atoms with Crippen LogP contribution < -0.4 is 4.74 Å². The summed E-state index contributed by atoms with van der Waals surface area (Å²) in [6.45, 7) is 6.00. The van der Waals surface area contributed by atoms with Crippen LogP contribution in [0.4, 0.5) is 0 Å². The standard InChI is InChI=1S/C20H22O3S/c1-4-15-20(19(21)23-5-2,16-9-7-6-8-10-16)24-18-13-11-17(22-3)12-14-18/h4,6-14H,1,5,15H2,2-3H3. The summed E-state index contributed by atoms with van der Waals surface area (Å²) in [6, 6.07) is 17.4. The fourth-order valence-corrected chi connectivity index (χ4v) is 3.74. The van der Waals surface area contributed by atoms with Crippen molar-refractivity contribution in [2.75, 3.05) is 13.7 Å². The van der Waals surface area contributed by atoms with Crippen LogP contribution in [-0.4, -0.2) is 19.7 Å². The molecule has 0 aliphatic carbocycles. The lowest BCUT2D eigenvalue weighted by molar-refractivity contribution is -0.146. The van der Waals surface area contributed by atoms with E-state index in [1.807, 2.05) is 61.5 Å². The van der Waals surface area contributed by atoms with E-state index in [0.717, 1.165) is 16.2 Å². The Balaban J connectivity index is 2.46. The summed E-state index contributed by atoms with van der Waals surface area (Å²) in [5, 5.41) is 0. The average Bonchev–Trinajstić information content (AvgIpc) is 2.63. The lowest BCUT2D eigenvalue weighted by Crippen LogP contribution is -2.34. The molecular weight excluding hydrogens is 320 g/mol. The first kappa shape index (κ1) is 18.1. The Hall–Kier alpha value is -2.20. The van der Waals surface area contributed by atoms with E-state index in [0.29, 0.717) is 13.0 Å². The van der Waals surface area contributed by atoms with Crippen LogP contribution in [0.25, 0.3) is 0 Å². The fraction of sp³-hybridized carbons (Fsp3) is 0.250. The molecule has 0 fully saturated rings. The zero-order valence-electron chi connectivity index (χ0n) is 14.0. The van der Waals surface area contributed by atoms with Gasteiger partial charge in [0.15, 0.2) is 0 Å². The van der Waals surface area contributed by atoms with Gasteiger partial charge in [-0.1, -0.05) is 36.4 Å². The van der Waals surface area contributed by atoms with Crippen LogP contribution in [0, 0.1) is 0 Å². The van der Waals surface area contributed by atoms with Gasteiger partial charge in [0.25, 0.3) is 0 Å². The number of rotatable bonds is 8. The summed E-state index contributed by atoms with van der Waals surface area (Å²) in [7, 11) is 1.63. The molecule has 0 aliphatic rings. The fourth-order valence-electron chi connectivity index (χ4n) is 2.46. The summed E-state index contributed by atoms with van der Waals surface area (Å²) in [5.41, 5.74) is 0.907. The third-order valence-electron chi connectivity index (χ3n) is 3.63. The summed E-state index contributed by atoms with van der Waals surface area (Å²) in [4.78, 5) is 13.8. The molecule has 0 saturated carbocycles. The number of methoxy groups -OCH3 is 1. The lowest BCUT2D eigenvalue weighted by atomic mass is 9.94. The van der Waals surface area contributed by atoms with Crippen LogP contribution >= 0.6 is 11.8 Å². The van der Waals surface area contributed by atoms with Crippen LogP contribution in [0.5, 0.6) is 5.75 Å². The Bertz CT molecular complexity index is 667. The van der Waals surface area contributed by atoms with Gasteiger partial charge in [0.2, 0.25) is 0 Å². The van der Waals surface area contributed by atoms with Gasteiger partial charge in [-0.15, -0.1) is 18.3 Å². The number of carbonyl (C=O) groups excluding carboxylic acids is 1. The second kappa shape index (κ2) is 8.60. The molecule has 4 heteroatoms. The van der Waals surface area contributed by atoms with E-state index in [9.17, 15) is 4.79 Å². The Morgan fingerprint density at radius 2 is 1.83 bits per heavy atom. The minimum absolute atomic E-state index is 0.253. The van der Waals surface area contributed by atoms with Crippen molar-refractivity contribution in [1.29, 1.82) is 0 Å². The maximum Gasteiger partial charge on any atom is 0.327 e. The van der Waals surface area contributed by atoms with E-state index in [1.54, 1.807) is 13.2 Å². The van der Waals surface area contributed by atoms with Gasteiger partial charge in [-0.2, -0.15) is 0 Å². The van der Waals surface area contributed by atoms with E-state index < -0.39 is 4.75 Å². The highest BCUT2D eigenvalue weighted by Crippen LogP contribution is 2.45. The molecule has 0 bridgehead atoms. The zero-order valence-corrected chi connectivity index (χ0v) is 14.8. The smallest absolute Gasteiger partial charge is 0.327 e. The second-order valence-corrected chi connectivity index (χ2v) is 6.56. The van der Waals surface area contributed by atoms with Crippen molar-refractivity contribution in [3.8, 4) is 5.75 Å². The maximum atomic E-state index is 12.9. The van der Waals surface area contributed by atoms with Crippen molar-refractivity contribution in [2.24, 2.45) is 0 Å². The molecule has 0 saturated heterocycles. The highest BCUT2D eigenvalue weighted by atomic mass is 32.2. The van der Waals surface area contributed by atoms with Gasteiger partial charge >= 0.3 is 5.97 Å². The molecule has 0 radical (unpaired) electrons. The van der Waals surface area contributed by atoms with Gasteiger partial charge in [-0.3, -0.25) is 4.79 Å². The monoisotopic (exact) mass is 342 g/mol. The Kier molecular flexibility index (Phi) is 6.50. The van der Waals surface area contributed by atoms with Crippen molar-refractivity contribution in [3.63, 3.8) is 0 Å². The molecule has 1 unspecified atom stereocenters. The topological polar surface area (TPSA) is 35.5 Å². The normalized spacial score (nSPS) is 12.9. The van der Waals surface area contributed by atoms with Gasteiger partial charge in [-0.25, -0.2) is 0 Å². The molecule has 1 atom stereocenters. The minimum Gasteiger partial charge on any atom is -0.497 e. The van der Waals surface area contributed by atoms with Crippen LogP contribution in [-0.2, 0) is 14.3 Å². The Morgan fingerprint density at radius 3 is 2.38 bits per heavy atom. The van der Waals surface area contributed by atoms with E-state index in [4.69, 9.17) is 9.47 Å². The predicted octanol–water partition coefficient (Wildman–Crippen LogP) is 4.82. The molecule has 0 N–H and O–H groups in total. The molecule has 0 aromatic heterocycles. The first-order valence-electron chi connectivity index (χ1n) is 7.83.